The van der Waals surface area contributed by atoms with Crippen LogP contribution in [-0.2, 0) is 5.75 Å². The topological polar surface area (TPSA) is 77.8 Å². The molecular weight excluding hydrogens is 375 g/mol. The molecule has 6 nitrogen and oxygen atoms in total. The summed E-state index contributed by atoms with van der Waals surface area (Å²) in [6, 6.07) is 6.12. The molecule has 0 aliphatic heterocycles. The number of nitrogens with zero attached hydrogens (tertiary/aromatic N) is 4. The van der Waals surface area contributed by atoms with Gasteiger partial charge in [-0.05, 0) is 32.0 Å². The Bertz CT molecular complexity index is 1060. The fraction of sp³-hybridized carbons (Fsp3) is 0.176. The van der Waals surface area contributed by atoms with Crippen LogP contribution < -0.4 is 0 Å². The van der Waals surface area contributed by atoms with E-state index in [1.165, 1.54) is 35.2 Å². The third-order valence-corrected chi connectivity index (χ3v) is 5.38. The molecule has 3 heterocycles. The first-order chi connectivity index (χ1) is 12.6. The zero-order chi connectivity index (χ0) is 18.1. The van der Waals surface area contributed by atoms with E-state index in [0.717, 1.165) is 15.6 Å². The van der Waals surface area contributed by atoms with Crippen LogP contribution in [0.5, 0.6) is 0 Å². The van der Waals surface area contributed by atoms with Crippen LogP contribution in [0.2, 0.25) is 0 Å². The molecule has 0 aliphatic rings. The normalized spacial score (nSPS) is 11.2. The molecule has 0 amide bonds. The molecule has 0 radical (unpaired) electrons. The average molecular weight is 388 g/mol. The zero-order valence-electron chi connectivity index (χ0n) is 13.9. The van der Waals surface area contributed by atoms with Crippen LogP contribution in [0, 0.1) is 19.7 Å². The van der Waals surface area contributed by atoms with E-state index in [1.807, 2.05) is 13.8 Å². The highest BCUT2D eigenvalue weighted by Crippen LogP contribution is 2.31. The van der Waals surface area contributed by atoms with E-state index in [-0.39, 0.29) is 5.82 Å². The lowest BCUT2D eigenvalue weighted by atomic mass is 10.2. The van der Waals surface area contributed by atoms with E-state index in [1.54, 1.807) is 18.4 Å². The van der Waals surface area contributed by atoms with Gasteiger partial charge in [0.25, 0.3) is 11.1 Å². The van der Waals surface area contributed by atoms with Crippen molar-refractivity contribution in [3.05, 3.63) is 52.7 Å². The first-order valence-corrected chi connectivity index (χ1v) is 9.50. The Morgan fingerprint density at radius 2 is 2.04 bits per heavy atom. The molecule has 0 bridgehead atoms. The van der Waals surface area contributed by atoms with Crippen molar-refractivity contribution in [2.75, 3.05) is 0 Å². The lowest BCUT2D eigenvalue weighted by molar-refractivity contribution is 0.466. The van der Waals surface area contributed by atoms with Crippen molar-refractivity contribution in [1.82, 2.24) is 20.2 Å². The number of rotatable bonds is 5. The largest absolute Gasteiger partial charge is 0.444 e. The number of aromatic nitrogens is 4. The van der Waals surface area contributed by atoms with Crippen molar-refractivity contribution in [3.8, 4) is 22.2 Å². The first-order valence-electron chi connectivity index (χ1n) is 7.69. The molecule has 4 rings (SSSR count). The number of hydrogen-bond donors (Lipinski definition) is 0. The third kappa shape index (κ3) is 3.54. The summed E-state index contributed by atoms with van der Waals surface area (Å²) in [7, 11) is 0. The first kappa shape index (κ1) is 16.9. The summed E-state index contributed by atoms with van der Waals surface area (Å²) in [5.74, 6) is 1.02. The van der Waals surface area contributed by atoms with Gasteiger partial charge in [0.15, 0.2) is 0 Å². The highest BCUT2D eigenvalue weighted by molar-refractivity contribution is 7.98. The minimum atomic E-state index is -0.330. The Morgan fingerprint density at radius 3 is 2.81 bits per heavy atom. The minimum absolute atomic E-state index is 0.330. The Balaban J connectivity index is 1.44. The number of benzene rings is 1. The summed E-state index contributed by atoms with van der Waals surface area (Å²) < 4.78 is 24.4. The highest BCUT2D eigenvalue weighted by atomic mass is 32.2. The van der Waals surface area contributed by atoms with Gasteiger partial charge < -0.3 is 8.83 Å². The van der Waals surface area contributed by atoms with Gasteiger partial charge in [0.2, 0.25) is 5.89 Å². The molecule has 3 aromatic heterocycles. The fourth-order valence-corrected chi connectivity index (χ4v) is 3.83. The summed E-state index contributed by atoms with van der Waals surface area (Å²) in [6.07, 6.45) is 1.54. The van der Waals surface area contributed by atoms with Gasteiger partial charge >= 0.3 is 0 Å². The third-order valence-electron chi connectivity index (χ3n) is 3.47. The molecule has 0 unspecified atom stereocenters. The van der Waals surface area contributed by atoms with Gasteiger partial charge in [0.1, 0.15) is 17.0 Å². The fourth-order valence-electron chi connectivity index (χ4n) is 2.35. The molecule has 0 saturated carbocycles. The summed E-state index contributed by atoms with van der Waals surface area (Å²) >= 11 is 2.88. The van der Waals surface area contributed by atoms with Crippen LogP contribution in [0.3, 0.4) is 0 Å². The molecule has 0 fully saturated rings. The lowest BCUT2D eigenvalue weighted by Gasteiger charge is -1.94. The van der Waals surface area contributed by atoms with E-state index >= 15 is 0 Å². The van der Waals surface area contributed by atoms with Crippen molar-refractivity contribution in [2.24, 2.45) is 0 Å². The van der Waals surface area contributed by atoms with Crippen molar-refractivity contribution >= 4 is 23.1 Å². The number of thioether (sulfide) groups is 1. The van der Waals surface area contributed by atoms with E-state index < -0.39 is 0 Å². The predicted octanol–water partition coefficient (Wildman–Crippen LogP) is 4.90. The van der Waals surface area contributed by atoms with Crippen molar-refractivity contribution < 1.29 is 13.2 Å². The van der Waals surface area contributed by atoms with Crippen LogP contribution in [0.4, 0.5) is 4.39 Å². The van der Waals surface area contributed by atoms with Gasteiger partial charge in [-0.15, -0.1) is 21.5 Å². The maximum absolute atomic E-state index is 13.3. The SMILES string of the molecule is Cc1nc(C)c(-c2nnc(SCc3coc(-c4cccc(F)c4)n3)o2)s1. The molecule has 0 saturated heterocycles. The lowest BCUT2D eigenvalue weighted by Crippen LogP contribution is -1.83. The number of oxazole rings is 1. The molecule has 132 valence electrons. The summed E-state index contributed by atoms with van der Waals surface area (Å²) in [4.78, 5) is 9.62. The minimum Gasteiger partial charge on any atom is -0.444 e. The summed E-state index contributed by atoms with van der Waals surface area (Å²) in [5, 5.41) is 9.54. The molecule has 0 spiro atoms. The van der Waals surface area contributed by atoms with Gasteiger partial charge in [-0.25, -0.2) is 14.4 Å². The average Bonchev–Trinajstić information content (AvgIpc) is 3.33. The van der Waals surface area contributed by atoms with Gasteiger partial charge in [-0.1, -0.05) is 17.8 Å². The second kappa shape index (κ2) is 7.00. The van der Waals surface area contributed by atoms with E-state index in [4.69, 9.17) is 8.83 Å². The second-order valence-electron chi connectivity index (χ2n) is 5.46. The number of halogens is 1. The quantitative estimate of drug-likeness (QED) is 0.450. The van der Waals surface area contributed by atoms with Gasteiger partial charge in [-0.2, -0.15) is 0 Å². The monoisotopic (exact) mass is 388 g/mol. The van der Waals surface area contributed by atoms with Crippen LogP contribution in [0.25, 0.3) is 22.2 Å². The van der Waals surface area contributed by atoms with E-state index in [0.29, 0.717) is 34.0 Å². The molecule has 0 N–H and O–H groups in total. The van der Waals surface area contributed by atoms with Gasteiger partial charge in [0.05, 0.1) is 16.4 Å². The van der Waals surface area contributed by atoms with Crippen LogP contribution in [-0.4, -0.2) is 20.2 Å². The molecule has 1 aromatic carbocycles. The van der Waals surface area contributed by atoms with E-state index in [9.17, 15) is 4.39 Å². The highest BCUT2D eigenvalue weighted by Gasteiger charge is 2.16. The van der Waals surface area contributed by atoms with Crippen LogP contribution in [0.1, 0.15) is 16.4 Å². The maximum atomic E-state index is 13.3. The van der Waals surface area contributed by atoms with Gasteiger partial charge in [-0.3, -0.25) is 0 Å². The maximum Gasteiger partial charge on any atom is 0.277 e. The number of aryl methyl sites for hydroxylation is 2. The summed E-state index contributed by atoms with van der Waals surface area (Å²) in [5.41, 5.74) is 2.18. The molecule has 26 heavy (non-hydrogen) atoms. The number of thiazole rings is 1. The van der Waals surface area contributed by atoms with E-state index in [2.05, 4.69) is 20.2 Å². The summed E-state index contributed by atoms with van der Waals surface area (Å²) in [6.45, 7) is 3.85. The van der Waals surface area contributed by atoms with Crippen LogP contribution >= 0.6 is 23.1 Å². The Labute approximate surface area is 156 Å². The second-order valence-corrected chi connectivity index (χ2v) is 7.59. The molecule has 4 aromatic rings. The standard InChI is InChI=1S/C17H13FN4O2S2/c1-9-14(26-10(2)19-9)16-21-22-17(24-16)25-8-13-7-23-15(20-13)11-4-3-5-12(18)6-11/h3-7H,8H2,1-2H3. The molecule has 0 aliphatic carbocycles. The van der Waals surface area contributed by atoms with Crippen LogP contribution in [0.15, 0.2) is 44.6 Å². The van der Waals surface area contributed by atoms with Gasteiger partial charge in [0, 0.05) is 11.3 Å². The zero-order valence-corrected chi connectivity index (χ0v) is 15.5. The molecule has 0 atom stereocenters. The van der Waals surface area contributed by atoms with Crippen molar-refractivity contribution in [1.29, 1.82) is 0 Å². The Kier molecular flexibility index (Phi) is 4.56. The van der Waals surface area contributed by atoms with Crippen molar-refractivity contribution in [2.45, 2.75) is 24.8 Å². The molecular formula is C17H13FN4O2S2. The smallest absolute Gasteiger partial charge is 0.277 e. The van der Waals surface area contributed by atoms with Crippen molar-refractivity contribution in [3.63, 3.8) is 0 Å². The predicted molar refractivity (Wildman–Crippen MR) is 96.3 cm³/mol. The number of hydrogen-bond acceptors (Lipinski definition) is 8. The Hall–Kier alpha value is -2.52. The Morgan fingerprint density at radius 1 is 1.15 bits per heavy atom. The molecule has 9 heteroatoms.